The van der Waals surface area contributed by atoms with Crippen LogP contribution in [0.5, 0.6) is 0 Å². The first-order valence-electron chi connectivity index (χ1n) is 5.06. The Bertz CT molecular complexity index is 235. The number of piperidine rings is 1. The zero-order chi connectivity index (χ0) is 10.4. The van der Waals surface area contributed by atoms with Gasteiger partial charge in [-0.05, 0) is 19.4 Å². The van der Waals surface area contributed by atoms with Crippen LogP contribution >= 0.6 is 0 Å². The topological polar surface area (TPSA) is 44.9 Å². The highest BCUT2D eigenvalue weighted by Crippen LogP contribution is 2.17. The van der Waals surface area contributed by atoms with Crippen LogP contribution in [-0.2, 0) is 4.79 Å². The van der Waals surface area contributed by atoms with Crippen molar-refractivity contribution in [2.75, 3.05) is 19.6 Å². The maximum atomic E-state index is 10.9. The second-order valence-corrected chi connectivity index (χ2v) is 3.62. The van der Waals surface area contributed by atoms with E-state index in [4.69, 9.17) is 11.7 Å². The summed E-state index contributed by atoms with van der Waals surface area (Å²) in [5.74, 6) is -0.715. The lowest BCUT2D eigenvalue weighted by Crippen LogP contribution is -2.45. The van der Waals surface area contributed by atoms with E-state index >= 15 is 0 Å². The number of carboxylic acids is 1. The van der Waals surface area contributed by atoms with Crippen molar-refractivity contribution in [2.45, 2.75) is 31.7 Å². The van der Waals surface area contributed by atoms with E-state index < -0.39 is 5.97 Å². The van der Waals surface area contributed by atoms with E-state index in [1.54, 1.807) is 0 Å². The summed E-state index contributed by atoms with van der Waals surface area (Å²) in [6, 6.07) is -0.311. The summed E-state index contributed by atoms with van der Waals surface area (Å²) in [7, 11) is 0. The largest absolute Gasteiger partial charge is 0.480 e. The lowest BCUT2D eigenvalue weighted by Gasteiger charge is -2.32. The molecule has 1 saturated heterocycles. The van der Waals surface area contributed by atoms with Crippen molar-refractivity contribution in [1.29, 1.82) is 0 Å². The summed E-state index contributed by atoms with van der Waals surface area (Å²) >= 11 is 0. The molecule has 4 nitrogen and oxygen atoms in total. The Morgan fingerprint density at radius 1 is 1.57 bits per heavy atom. The zero-order valence-electron chi connectivity index (χ0n) is 8.28. The van der Waals surface area contributed by atoms with Gasteiger partial charge in [0.05, 0.1) is 0 Å². The Hall–Kier alpha value is -1.08. The quantitative estimate of drug-likeness (QED) is 0.543. The molecular formula is C10H16N2O2. The molecule has 0 aromatic carbocycles. The van der Waals surface area contributed by atoms with Crippen molar-refractivity contribution in [3.05, 3.63) is 11.4 Å². The molecule has 1 rings (SSSR count). The van der Waals surface area contributed by atoms with Crippen LogP contribution in [0, 0.1) is 6.57 Å². The Morgan fingerprint density at radius 3 is 3.00 bits per heavy atom. The number of aliphatic carboxylic acids is 1. The summed E-state index contributed by atoms with van der Waals surface area (Å²) in [6.45, 7) is 8.77. The Labute approximate surface area is 84.3 Å². The molecule has 0 radical (unpaired) electrons. The van der Waals surface area contributed by atoms with E-state index in [-0.39, 0.29) is 6.04 Å². The third kappa shape index (κ3) is 3.00. The molecule has 14 heavy (non-hydrogen) atoms. The average molecular weight is 196 g/mol. The molecule has 0 amide bonds. The molecule has 0 aliphatic carbocycles. The van der Waals surface area contributed by atoms with Crippen LogP contribution in [0.4, 0.5) is 0 Å². The van der Waals surface area contributed by atoms with Gasteiger partial charge in [0.25, 0.3) is 0 Å². The molecule has 1 aliphatic rings. The summed E-state index contributed by atoms with van der Waals surface area (Å²) in [4.78, 5) is 16.2. The first-order chi connectivity index (χ1) is 6.75. The van der Waals surface area contributed by atoms with E-state index in [0.717, 1.165) is 38.8 Å². The summed E-state index contributed by atoms with van der Waals surface area (Å²) in [5.41, 5.74) is 0. The van der Waals surface area contributed by atoms with Gasteiger partial charge in [0.15, 0.2) is 0 Å². The molecule has 0 bridgehead atoms. The van der Waals surface area contributed by atoms with Gasteiger partial charge in [-0.1, -0.05) is 6.42 Å². The van der Waals surface area contributed by atoms with E-state index in [0.29, 0.717) is 6.54 Å². The molecule has 1 N–H and O–H groups in total. The van der Waals surface area contributed by atoms with Crippen molar-refractivity contribution in [1.82, 2.24) is 4.90 Å². The van der Waals surface area contributed by atoms with Crippen molar-refractivity contribution in [2.24, 2.45) is 0 Å². The van der Waals surface area contributed by atoms with Crippen LogP contribution in [0.15, 0.2) is 0 Å². The van der Waals surface area contributed by atoms with Crippen molar-refractivity contribution in [3.8, 4) is 0 Å². The van der Waals surface area contributed by atoms with Crippen LogP contribution in [0.1, 0.15) is 25.7 Å². The van der Waals surface area contributed by atoms with E-state index in [9.17, 15) is 4.79 Å². The van der Waals surface area contributed by atoms with Crippen LogP contribution < -0.4 is 0 Å². The number of rotatable bonds is 4. The van der Waals surface area contributed by atoms with E-state index in [1.807, 2.05) is 4.90 Å². The number of carboxylic acid groups (broad SMARTS) is 1. The molecule has 1 unspecified atom stereocenters. The van der Waals surface area contributed by atoms with Crippen LogP contribution in [0.3, 0.4) is 0 Å². The Morgan fingerprint density at radius 2 is 2.36 bits per heavy atom. The van der Waals surface area contributed by atoms with Gasteiger partial charge in [-0.25, -0.2) is 6.57 Å². The van der Waals surface area contributed by atoms with Gasteiger partial charge >= 0.3 is 5.97 Å². The molecule has 1 fully saturated rings. The number of hydrogen-bond donors (Lipinski definition) is 1. The number of carbonyl (C=O) groups is 1. The van der Waals surface area contributed by atoms with Crippen molar-refractivity contribution >= 4 is 5.97 Å². The summed E-state index contributed by atoms with van der Waals surface area (Å²) in [5, 5.41) is 8.96. The second-order valence-electron chi connectivity index (χ2n) is 3.62. The molecule has 0 saturated carbocycles. The predicted molar refractivity (Wildman–Crippen MR) is 52.9 cm³/mol. The monoisotopic (exact) mass is 196 g/mol. The molecule has 1 atom stereocenters. The van der Waals surface area contributed by atoms with E-state index in [1.165, 1.54) is 0 Å². The number of nitrogens with zero attached hydrogens (tertiary/aromatic N) is 2. The van der Waals surface area contributed by atoms with Crippen molar-refractivity contribution in [3.63, 3.8) is 0 Å². The van der Waals surface area contributed by atoms with E-state index in [2.05, 4.69) is 4.85 Å². The molecule has 4 heteroatoms. The summed E-state index contributed by atoms with van der Waals surface area (Å²) < 4.78 is 0. The highest BCUT2D eigenvalue weighted by molar-refractivity contribution is 5.73. The maximum absolute atomic E-state index is 10.9. The Balaban J connectivity index is 2.38. The van der Waals surface area contributed by atoms with Crippen LogP contribution in [-0.4, -0.2) is 41.7 Å². The maximum Gasteiger partial charge on any atom is 0.320 e. The third-order valence-electron chi connectivity index (χ3n) is 2.61. The van der Waals surface area contributed by atoms with Crippen molar-refractivity contribution < 1.29 is 9.90 Å². The highest BCUT2D eigenvalue weighted by atomic mass is 16.4. The minimum absolute atomic E-state index is 0.311. The first kappa shape index (κ1) is 11.0. The van der Waals surface area contributed by atoms with Crippen LogP contribution in [0.2, 0.25) is 0 Å². The number of hydrogen-bond acceptors (Lipinski definition) is 2. The fourth-order valence-corrected chi connectivity index (χ4v) is 1.89. The standard InChI is InChI=1S/C10H16N2O2/c1-11-6-4-8-12-7-3-2-5-9(12)10(13)14/h9H,2-8H2,(H,13,14). The predicted octanol–water partition coefficient (Wildman–Crippen LogP) is 1.23. The lowest BCUT2D eigenvalue weighted by molar-refractivity contribution is -0.144. The van der Waals surface area contributed by atoms with Gasteiger partial charge in [0.2, 0.25) is 6.54 Å². The van der Waals surface area contributed by atoms with Gasteiger partial charge in [0.1, 0.15) is 6.04 Å². The van der Waals surface area contributed by atoms with Crippen LogP contribution in [0.25, 0.3) is 4.85 Å². The zero-order valence-corrected chi connectivity index (χ0v) is 8.28. The fourth-order valence-electron chi connectivity index (χ4n) is 1.89. The molecule has 0 spiro atoms. The number of likely N-dealkylation sites (tertiary alicyclic amines) is 1. The Kier molecular flexibility index (Phi) is 4.41. The van der Waals surface area contributed by atoms with Gasteiger partial charge in [-0.2, -0.15) is 0 Å². The SMILES string of the molecule is [C-]#[N+]CCCN1CCCCC1C(=O)O. The third-order valence-corrected chi connectivity index (χ3v) is 2.61. The minimum atomic E-state index is -0.715. The smallest absolute Gasteiger partial charge is 0.320 e. The normalized spacial score (nSPS) is 22.9. The van der Waals surface area contributed by atoms with Gasteiger partial charge in [-0.3, -0.25) is 9.69 Å². The molecular weight excluding hydrogens is 180 g/mol. The highest BCUT2D eigenvalue weighted by Gasteiger charge is 2.27. The molecule has 1 heterocycles. The first-order valence-corrected chi connectivity index (χ1v) is 5.06. The average Bonchev–Trinajstić information content (AvgIpc) is 2.19. The fraction of sp³-hybridized carbons (Fsp3) is 0.800. The second kappa shape index (κ2) is 5.61. The van der Waals surface area contributed by atoms with Gasteiger partial charge in [-0.15, -0.1) is 0 Å². The van der Waals surface area contributed by atoms with Gasteiger partial charge < -0.3 is 9.95 Å². The minimum Gasteiger partial charge on any atom is -0.480 e. The molecule has 1 aliphatic heterocycles. The molecule has 0 aromatic rings. The lowest BCUT2D eigenvalue weighted by atomic mass is 10.0. The molecule has 78 valence electrons. The molecule has 0 aromatic heterocycles. The summed E-state index contributed by atoms with van der Waals surface area (Å²) in [6.07, 6.45) is 3.64. The van der Waals surface area contributed by atoms with Gasteiger partial charge in [0, 0.05) is 13.0 Å².